The van der Waals surface area contributed by atoms with Crippen molar-refractivity contribution in [3.63, 3.8) is 0 Å². The van der Waals surface area contributed by atoms with Crippen molar-refractivity contribution in [1.29, 1.82) is 0 Å². The van der Waals surface area contributed by atoms with E-state index in [1.165, 1.54) is 18.6 Å². The SMILES string of the molecule is O=C(O)COc1ccncn1. The highest BCUT2D eigenvalue weighted by Gasteiger charge is 1.97. The fourth-order valence-electron chi connectivity index (χ4n) is 0.500. The summed E-state index contributed by atoms with van der Waals surface area (Å²) in [5, 5.41) is 8.21. The van der Waals surface area contributed by atoms with Crippen molar-refractivity contribution < 1.29 is 14.6 Å². The fourth-order valence-corrected chi connectivity index (χ4v) is 0.500. The molecule has 0 amide bonds. The molecule has 5 heteroatoms. The third-order valence-electron chi connectivity index (χ3n) is 0.898. The van der Waals surface area contributed by atoms with Crippen LogP contribution >= 0.6 is 0 Å². The molecule has 0 bridgehead atoms. The van der Waals surface area contributed by atoms with Gasteiger partial charge in [0.15, 0.2) is 6.61 Å². The van der Waals surface area contributed by atoms with Crippen molar-refractivity contribution >= 4 is 5.97 Å². The molecule has 1 N–H and O–H groups in total. The van der Waals surface area contributed by atoms with Crippen LogP contribution in [0.4, 0.5) is 0 Å². The predicted octanol–water partition coefficient (Wildman–Crippen LogP) is -0.0600. The van der Waals surface area contributed by atoms with Crippen LogP contribution in [0.1, 0.15) is 0 Å². The standard InChI is InChI=1S/C6H6N2O3/c9-6(10)3-11-5-1-2-7-4-8-5/h1-2,4H,3H2,(H,9,10). The van der Waals surface area contributed by atoms with Gasteiger partial charge >= 0.3 is 5.97 Å². The average Bonchev–Trinajstić information content (AvgIpc) is 2.03. The molecule has 0 aliphatic heterocycles. The number of ether oxygens (including phenoxy) is 1. The summed E-state index contributed by atoms with van der Waals surface area (Å²) in [4.78, 5) is 17.3. The fraction of sp³-hybridized carbons (Fsp3) is 0.167. The van der Waals surface area contributed by atoms with Gasteiger partial charge in [-0.05, 0) is 0 Å². The van der Waals surface area contributed by atoms with E-state index in [-0.39, 0.29) is 12.5 Å². The van der Waals surface area contributed by atoms with Gasteiger partial charge < -0.3 is 9.84 Å². The molecule has 0 unspecified atom stereocenters. The maximum atomic E-state index is 10.0. The van der Waals surface area contributed by atoms with E-state index in [1.54, 1.807) is 0 Å². The van der Waals surface area contributed by atoms with Crippen molar-refractivity contribution in [3.8, 4) is 5.88 Å². The van der Waals surface area contributed by atoms with Crippen LogP contribution in [-0.4, -0.2) is 27.7 Å². The molecule has 0 fully saturated rings. The van der Waals surface area contributed by atoms with Crippen molar-refractivity contribution in [1.82, 2.24) is 9.97 Å². The summed E-state index contributed by atoms with van der Waals surface area (Å²) in [5.41, 5.74) is 0. The van der Waals surface area contributed by atoms with Crippen LogP contribution in [-0.2, 0) is 4.79 Å². The zero-order valence-electron chi connectivity index (χ0n) is 5.60. The molecular formula is C6H6N2O3. The number of aliphatic carboxylic acids is 1. The molecule has 11 heavy (non-hydrogen) atoms. The minimum Gasteiger partial charge on any atom is -0.479 e. The highest BCUT2D eigenvalue weighted by Crippen LogP contribution is 2.00. The zero-order valence-corrected chi connectivity index (χ0v) is 5.60. The third-order valence-corrected chi connectivity index (χ3v) is 0.898. The molecular weight excluding hydrogens is 148 g/mol. The number of carboxylic acid groups (broad SMARTS) is 1. The lowest BCUT2D eigenvalue weighted by Crippen LogP contribution is -2.10. The normalized spacial score (nSPS) is 9.09. The van der Waals surface area contributed by atoms with Crippen LogP contribution in [0.15, 0.2) is 18.6 Å². The molecule has 0 aromatic carbocycles. The number of aromatic nitrogens is 2. The quantitative estimate of drug-likeness (QED) is 0.660. The Kier molecular flexibility index (Phi) is 2.37. The minimum atomic E-state index is -1.02. The van der Waals surface area contributed by atoms with E-state index in [1.807, 2.05) is 0 Å². The van der Waals surface area contributed by atoms with Gasteiger partial charge in [0.1, 0.15) is 6.33 Å². The van der Waals surface area contributed by atoms with Crippen LogP contribution in [0.2, 0.25) is 0 Å². The topological polar surface area (TPSA) is 72.3 Å². The Hall–Kier alpha value is -1.65. The first-order valence-electron chi connectivity index (χ1n) is 2.89. The summed E-state index contributed by atoms with van der Waals surface area (Å²) in [6, 6.07) is 1.49. The van der Waals surface area contributed by atoms with E-state index in [2.05, 4.69) is 9.97 Å². The molecule has 1 aromatic rings. The van der Waals surface area contributed by atoms with Crippen LogP contribution in [0.3, 0.4) is 0 Å². The molecule has 1 rings (SSSR count). The Labute approximate surface area is 62.7 Å². The van der Waals surface area contributed by atoms with Crippen molar-refractivity contribution in [3.05, 3.63) is 18.6 Å². The molecule has 0 atom stereocenters. The highest BCUT2D eigenvalue weighted by molar-refractivity contribution is 5.68. The third kappa shape index (κ3) is 2.61. The predicted molar refractivity (Wildman–Crippen MR) is 35.2 cm³/mol. The Balaban J connectivity index is 2.45. The van der Waals surface area contributed by atoms with Gasteiger partial charge in [-0.2, -0.15) is 0 Å². The van der Waals surface area contributed by atoms with Gasteiger partial charge in [0.2, 0.25) is 5.88 Å². The lowest BCUT2D eigenvalue weighted by molar-refractivity contribution is -0.139. The summed E-state index contributed by atoms with van der Waals surface area (Å²) in [6.07, 6.45) is 2.77. The van der Waals surface area contributed by atoms with E-state index >= 15 is 0 Å². The monoisotopic (exact) mass is 154 g/mol. The average molecular weight is 154 g/mol. The van der Waals surface area contributed by atoms with Crippen molar-refractivity contribution in [2.75, 3.05) is 6.61 Å². The van der Waals surface area contributed by atoms with Crippen molar-refractivity contribution in [2.45, 2.75) is 0 Å². The number of carboxylic acids is 1. The van der Waals surface area contributed by atoms with Gasteiger partial charge in [-0.1, -0.05) is 0 Å². The van der Waals surface area contributed by atoms with Gasteiger partial charge in [0.05, 0.1) is 0 Å². The molecule has 0 saturated heterocycles. The summed E-state index contributed by atoms with van der Waals surface area (Å²) in [6.45, 7) is -0.378. The maximum absolute atomic E-state index is 10.0. The molecule has 0 saturated carbocycles. The van der Waals surface area contributed by atoms with Crippen LogP contribution < -0.4 is 4.74 Å². The molecule has 0 aliphatic carbocycles. The molecule has 58 valence electrons. The first-order valence-corrected chi connectivity index (χ1v) is 2.89. The number of hydrogen-bond donors (Lipinski definition) is 1. The first-order chi connectivity index (χ1) is 5.29. The molecule has 1 heterocycles. The first kappa shape index (κ1) is 7.46. The molecule has 0 aliphatic rings. The van der Waals surface area contributed by atoms with E-state index in [9.17, 15) is 4.79 Å². The lowest BCUT2D eigenvalue weighted by Gasteiger charge is -1.98. The number of hydrogen-bond acceptors (Lipinski definition) is 4. The molecule has 1 aromatic heterocycles. The Bertz CT molecular complexity index is 237. The van der Waals surface area contributed by atoms with E-state index in [0.29, 0.717) is 0 Å². The summed E-state index contributed by atoms with van der Waals surface area (Å²) < 4.78 is 4.72. The van der Waals surface area contributed by atoms with Crippen LogP contribution in [0.25, 0.3) is 0 Å². The molecule has 5 nitrogen and oxygen atoms in total. The highest BCUT2D eigenvalue weighted by atomic mass is 16.5. The summed E-state index contributed by atoms with van der Waals surface area (Å²) >= 11 is 0. The number of nitrogens with zero attached hydrogens (tertiary/aromatic N) is 2. The number of rotatable bonds is 3. The van der Waals surface area contributed by atoms with Gasteiger partial charge in [-0.3, -0.25) is 0 Å². The maximum Gasteiger partial charge on any atom is 0.341 e. The second-order valence-corrected chi connectivity index (χ2v) is 1.73. The lowest BCUT2D eigenvalue weighted by atomic mass is 10.6. The Morgan fingerprint density at radius 1 is 1.73 bits per heavy atom. The zero-order chi connectivity index (χ0) is 8.10. The van der Waals surface area contributed by atoms with Gasteiger partial charge in [0, 0.05) is 12.3 Å². The summed E-state index contributed by atoms with van der Waals surface area (Å²) in [7, 11) is 0. The van der Waals surface area contributed by atoms with Crippen LogP contribution in [0.5, 0.6) is 5.88 Å². The molecule has 0 radical (unpaired) electrons. The van der Waals surface area contributed by atoms with E-state index < -0.39 is 5.97 Å². The Morgan fingerprint density at radius 3 is 3.09 bits per heavy atom. The summed E-state index contributed by atoms with van der Waals surface area (Å²) in [5.74, 6) is -0.758. The second kappa shape index (κ2) is 3.50. The van der Waals surface area contributed by atoms with Crippen LogP contribution in [0, 0.1) is 0 Å². The second-order valence-electron chi connectivity index (χ2n) is 1.73. The number of carbonyl (C=O) groups is 1. The minimum absolute atomic E-state index is 0.266. The van der Waals surface area contributed by atoms with E-state index in [4.69, 9.17) is 9.84 Å². The Morgan fingerprint density at radius 2 is 2.55 bits per heavy atom. The van der Waals surface area contributed by atoms with Gasteiger partial charge in [-0.25, -0.2) is 14.8 Å². The van der Waals surface area contributed by atoms with Crippen molar-refractivity contribution in [2.24, 2.45) is 0 Å². The largest absolute Gasteiger partial charge is 0.479 e. The molecule has 0 spiro atoms. The smallest absolute Gasteiger partial charge is 0.341 e. The van der Waals surface area contributed by atoms with E-state index in [0.717, 1.165) is 0 Å². The van der Waals surface area contributed by atoms with Gasteiger partial charge in [0.25, 0.3) is 0 Å². The van der Waals surface area contributed by atoms with Gasteiger partial charge in [-0.15, -0.1) is 0 Å².